The van der Waals surface area contributed by atoms with Crippen LogP contribution in [-0.2, 0) is 11.3 Å². The summed E-state index contributed by atoms with van der Waals surface area (Å²) in [5.41, 5.74) is 2.00. The van der Waals surface area contributed by atoms with Gasteiger partial charge >= 0.3 is 0 Å². The minimum Gasteiger partial charge on any atom is -0.439 e. The van der Waals surface area contributed by atoms with Gasteiger partial charge in [0, 0.05) is 54.0 Å². The molecule has 8 nitrogen and oxygen atoms in total. The summed E-state index contributed by atoms with van der Waals surface area (Å²) in [6.45, 7) is 0.653. The van der Waals surface area contributed by atoms with Crippen LogP contribution in [0.2, 0.25) is 0 Å². The van der Waals surface area contributed by atoms with Gasteiger partial charge in [0.1, 0.15) is 5.75 Å². The largest absolute Gasteiger partial charge is 0.439 e. The number of nitrogens with zero attached hydrogens (tertiary/aromatic N) is 3. The molecule has 3 aromatic rings. The predicted octanol–water partition coefficient (Wildman–Crippen LogP) is 2.91. The molecule has 0 bridgehead atoms. The number of amides is 1. The van der Waals surface area contributed by atoms with Gasteiger partial charge in [0.25, 0.3) is 0 Å². The van der Waals surface area contributed by atoms with Crippen LogP contribution in [0.15, 0.2) is 42.7 Å². The fourth-order valence-electron chi connectivity index (χ4n) is 3.26. The van der Waals surface area contributed by atoms with Crippen LogP contribution in [0.1, 0.15) is 24.8 Å². The van der Waals surface area contributed by atoms with Crippen LogP contribution in [0.25, 0.3) is 10.9 Å². The van der Waals surface area contributed by atoms with E-state index < -0.39 is 0 Å². The third-order valence-electron chi connectivity index (χ3n) is 4.70. The predicted molar refractivity (Wildman–Crippen MR) is 105 cm³/mol. The molecule has 2 aromatic heterocycles. The molecule has 4 rings (SSSR count). The zero-order valence-electron chi connectivity index (χ0n) is 15.2. The third kappa shape index (κ3) is 3.75. The van der Waals surface area contributed by atoms with Crippen molar-refractivity contribution in [1.82, 2.24) is 20.1 Å². The molecule has 1 aromatic carbocycles. The Morgan fingerprint density at radius 3 is 2.93 bits per heavy atom. The highest BCUT2D eigenvalue weighted by Gasteiger charge is 2.21. The maximum Gasteiger partial charge on any atom is 0.220 e. The molecular weight excluding hydrogens is 356 g/mol. The molecular formula is C20H20N6O2. The van der Waals surface area contributed by atoms with Crippen LogP contribution in [0.3, 0.4) is 0 Å². The molecule has 0 radical (unpaired) electrons. The first-order chi connectivity index (χ1) is 13.6. The molecule has 0 aliphatic carbocycles. The van der Waals surface area contributed by atoms with E-state index in [-0.39, 0.29) is 18.4 Å². The Bertz CT molecular complexity index is 1040. The van der Waals surface area contributed by atoms with Gasteiger partial charge in [-0.05, 0) is 30.7 Å². The Kier molecular flexibility index (Phi) is 4.84. The fourth-order valence-corrected chi connectivity index (χ4v) is 3.26. The highest BCUT2D eigenvalue weighted by atomic mass is 16.5. The molecule has 0 saturated carbocycles. The molecule has 1 aliphatic heterocycles. The van der Waals surface area contributed by atoms with Gasteiger partial charge in [-0.25, -0.2) is 4.98 Å². The maximum absolute atomic E-state index is 11.4. The fraction of sp³-hybridized carbons (Fsp3) is 0.250. The Hall–Kier alpha value is -3.55. The van der Waals surface area contributed by atoms with Crippen LogP contribution in [0.5, 0.6) is 11.6 Å². The molecule has 3 heterocycles. The van der Waals surface area contributed by atoms with Gasteiger partial charge in [-0.3, -0.25) is 9.48 Å². The topological polar surface area (TPSA) is 117 Å². The second-order valence-corrected chi connectivity index (χ2v) is 6.72. The number of carbonyl (C=O) groups is 1. The third-order valence-corrected chi connectivity index (χ3v) is 4.70. The number of benzene rings is 1. The van der Waals surface area contributed by atoms with Crippen molar-refractivity contribution in [1.29, 1.82) is 10.8 Å². The van der Waals surface area contributed by atoms with E-state index in [2.05, 4.69) is 15.4 Å². The summed E-state index contributed by atoms with van der Waals surface area (Å²) in [5, 5.41) is 23.3. The van der Waals surface area contributed by atoms with E-state index in [1.807, 2.05) is 22.9 Å². The van der Waals surface area contributed by atoms with E-state index >= 15 is 0 Å². The molecule has 28 heavy (non-hydrogen) atoms. The number of aromatic nitrogens is 3. The first kappa shape index (κ1) is 17.8. The molecule has 1 atom stereocenters. The number of hydrogen-bond acceptors (Lipinski definition) is 6. The van der Waals surface area contributed by atoms with Crippen LogP contribution in [-0.4, -0.2) is 38.6 Å². The molecule has 1 amide bonds. The second-order valence-electron chi connectivity index (χ2n) is 6.72. The Labute approximate surface area is 161 Å². The number of hydrogen-bond donors (Lipinski definition) is 3. The zero-order chi connectivity index (χ0) is 19.5. The van der Waals surface area contributed by atoms with Crippen LogP contribution in [0.4, 0.5) is 0 Å². The minimum absolute atomic E-state index is 0.101. The zero-order valence-corrected chi connectivity index (χ0v) is 15.2. The summed E-state index contributed by atoms with van der Waals surface area (Å²) < 4.78 is 7.72. The monoisotopic (exact) mass is 376 g/mol. The van der Waals surface area contributed by atoms with Crippen molar-refractivity contribution in [3.8, 4) is 11.6 Å². The van der Waals surface area contributed by atoms with Crippen LogP contribution in [0, 0.1) is 10.8 Å². The SMILES string of the molecule is N=CCC(=N)c1ccc(Oc2ccc3c(cnn3CC3CCC(=O)N3)c2)nc1. The number of carbonyl (C=O) groups excluding carboxylic acids is 1. The molecule has 0 spiro atoms. The van der Waals surface area contributed by atoms with E-state index in [0.29, 0.717) is 35.9 Å². The molecule has 1 fully saturated rings. The number of nitrogens with one attached hydrogen (secondary N) is 3. The summed E-state index contributed by atoms with van der Waals surface area (Å²) in [7, 11) is 0. The van der Waals surface area contributed by atoms with E-state index in [0.717, 1.165) is 17.3 Å². The normalized spacial score (nSPS) is 16.1. The van der Waals surface area contributed by atoms with E-state index in [1.54, 1.807) is 24.5 Å². The van der Waals surface area contributed by atoms with E-state index in [9.17, 15) is 4.79 Å². The van der Waals surface area contributed by atoms with Gasteiger partial charge in [0.2, 0.25) is 11.8 Å². The Balaban J connectivity index is 1.47. The van der Waals surface area contributed by atoms with Gasteiger partial charge in [-0.2, -0.15) is 5.10 Å². The molecule has 142 valence electrons. The molecule has 1 saturated heterocycles. The number of rotatable bonds is 7. The first-order valence-electron chi connectivity index (χ1n) is 9.08. The maximum atomic E-state index is 11.4. The summed E-state index contributed by atoms with van der Waals surface area (Å²) >= 11 is 0. The Morgan fingerprint density at radius 1 is 1.32 bits per heavy atom. The van der Waals surface area contributed by atoms with Crippen molar-refractivity contribution < 1.29 is 9.53 Å². The average Bonchev–Trinajstić information content (AvgIpc) is 3.29. The lowest BCUT2D eigenvalue weighted by Gasteiger charge is -2.11. The van der Waals surface area contributed by atoms with Crippen molar-refractivity contribution in [2.45, 2.75) is 31.8 Å². The van der Waals surface area contributed by atoms with Crippen molar-refractivity contribution in [3.63, 3.8) is 0 Å². The van der Waals surface area contributed by atoms with Crippen LogP contribution >= 0.6 is 0 Å². The summed E-state index contributed by atoms with van der Waals surface area (Å²) in [4.78, 5) is 15.6. The second kappa shape index (κ2) is 7.59. The highest BCUT2D eigenvalue weighted by molar-refractivity contribution is 6.04. The quantitative estimate of drug-likeness (QED) is 0.550. The highest BCUT2D eigenvalue weighted by Crippen LogP contribution is 2.25. The van der Waals surface area contributed by atoms with Gasteiger partial charge in [0.15, 0.2) is 0 Å². The summed E-state index contributed by atoms with van der Waals surface area (Å²) in [5.74, 6) is 1.19. The average molecular weight is 376 g/mol. The lowest BCUT2D eigenvalue weighted by Crippen LogP contribution is -2.29. The van der Waals surface area contributed by atoms with Gasteiger partial charge in [-0.1, -0.05) is 0 Å². The number of pyridine rings is 1. The standard InChI is InChI=1S/C20H20N6O2/c21-8-7-17(22)13-1-6-20(23-10-13)28-16-3-4-18-14(9-16)11-24-26(18)12-15-2-5-19(27)25-15/h1,3-4,6,8-11,15,21-22H,2,5,7,12H2,(H,25,27). The lowest BCUT2D eigenvalue weighted by molar-refractivity contribution is -0.119. The van der Waals surface area contributed by atoms with E-state index in [4.69, 9.17) is 15.6 Å². The number of ether oxygens (including phenoxy) is 1. The van der Waals surface area contributed by atoms with Crippen molar-refractivity contribution in [3.05, 3.63) is 48.3 Å². The molecule has 1 unspecified atom stereocenters. The van der Waals surface area contributed by atoms with Crippen molar-refractivity contribution >= 4 is 28.7 Å². The molecule has 8 heteroatoms. The number of fused-ring (bicyclic) bond motifs is 1. The Morgan fingerprint density at radius 2 is 2.21 bits per heavy atom. The molecule has 3 N–H and O–H groups in total. The van der Waals surface area contributed by atoms with Gasteiger partial charge in [-0.15, -0.1) is 0 Å². The minimum atomic E-state index is 0.101. The summed E-state index contributed by atoms with van der Waals surface area (Å²) in [6, 6.07) is 9.31. The lowest BCUT2D eigenvalue weighted by atomic mass is 10.1. The van der Waals surface area contributed by atoms with E-state index in [1.165, 1.54) is 6.21 Å². The van der Waals surface area contributed by atoms with Crippen molar-refractivity contribution in [2.75, 3.05) is 0 Å². The van der Waals surface area contributed by atoms with Crippen molar-refractivity contribution in [2.24, 2.45) is 0 Å². The van der Waals surface area contributed by atoms with Gasteiger partial charge < -0.3 is 20.9 Å². The first-order valence-corrected chi connectivity index (χ1v) is 9.08. The van der Waals surface area contributed by atoms with Crippen LogP contribution < -0.4 is 10.1 Å². The molecule has 1 aliphatic rings. The smallest absolute Gasteiger partial charge is 0.220 e. The van der Waals surface area contributed by atoms with Gasteiger partial charge in [0.05, 0.1) is 18.3 Å². The summed E-state index contributed by atoms with van der Waals surface area (Å²) in [6.07, 6.45) is 6.26.